The number of amides is 1. The highest BCUT2D eigenvalue weighted by molar-refractivity contribution is 9.11. The average molecular weight is 445 g/mol. The summed E-state index contributed by atoms with van der Waals surface area (Å²) in [5.41, 5.74) is 2.95. The Morgan fingerprint density at radius 3 is 2.69 bits per heavy atom. The number of thioether (sulfide) groups is 1. The number of thiazole rings is 1. The molecule has 2 aromatic carbocycles. The maximum absolute atomic E-state index is 12.2. The Kier molecular flexibility index (Phi) is 5.05. The van der Waals surface area contributed by atoms with Crippen LogP contribution in [0.3, 0.4) is 0 Å². The molecule has 0 aliphatic heterocycles. The van der Waals surface area contributed by atoms with Gasteiger partial charge < -0.3 is 5.32 Å². The zero-order chi connectivity index (χ0) is 17.9. The van der Waals surface area contributed by atoms with E-state index in [2.05, 4.69) is 30.8 Å². The minimum atomic E-state index is -0.108. The van der Waals surface area contributed by atoms with E-state index < -0.39 is 0 Å². The summed E-state index contributed by atoms with van der Waals surface area (Å²) in [5.74, 6) is 0.149. The van der Waals surface area contributed by atoms with Crippen LogP contribution >= 0.6 is 39.0 Å². The molecule has 4 rings (SSSR count). The molecular formula is C18H13BrN4OS2. The third kappa shape index (κ3) is 3.67. The summed E-state index contributed by atoms with van der Waals surface area (Å²) >= 11 is 6.13. The fourth-order valence-electron chi connectivity index (χ4n) is 2.52. The Labute approximate surface area is 166 Å². The standard InChI is InChI=1S/C18H13BrN4OS2/c19-15-10-20-17(26-15)22-16(24)11-25-18-21-13-8-4-5-9-14(13)23(18)12-6-2-1-3-7-12/h1-10H,11H2,(H,20,22,24). The van der Waals surface area contributed by atoms with E-state index in [4.69, 9.17) is 4.98 Å². The van der Waals surface area contributed by atoms with Crippen molar-refractivity contribution >= 4 is 61.1 Å². The first-order chi connectivity index (χ1) is 12.7. The molecule has 5 nitrogen and oxygen atoms in total. The fraction of sp³-hybridized carbons (Fsp3) is 0.0556. The molecule has 2 heterocycles. The summed E-state index contributed by atoms with van der Waals surface area (Å²) in [6, 6.07) is 18.0. The molecule has 1 amide bonds. The maximum atomic E-state index is 12.2. The Hall–Kier alpha value is -2.16. The predicted molar refractivity (Wildman–Crippen MR) is 110 cm³/mol. The lowest BCUT2D eigenvalue weighted by Crippen LogP contribution is -2.14. The summed E-state index contributed by atoms with van der Waals surface area (Å²) < 4.78 is 2.96. The molecule has 0 aliphatic carbocycles. The van der Waals surface area contributed by atoms with Crippen molar-refractivity contribution in [3.63, 3.8) is 0 Å². The molecule has 8 heteroatoms. The van der Waals surface area contributed by atoms with Gasteiger partial charge in [-0.1, -0.05) is 53.4 Å². The molecule has 0 atom stereocenters. The monoisotopic (exact) mass is 444 g/mol. The van der Waals surface area contributed by atoms with Gasteiger partial charge >= 0.3 is 0 Å². The van der Waals surface area contributed by atoms with Crippen LogP contribution in [0.5, 0.6) is 0 Å². The van der Waals surface area contributed by atoms with E-state index in [1.807, 2.05) is 54.6 Å². The molecule has 0 fully saturated rings. The molecule has 0 saturated heterocycles. The van der Waals surface area contributed by atoms with E-state index in [9.17, 15) is 4.79 Å². The second-order valence-electron chi connectivity index (χ2n) is 5.36. The Balaban J connectivity index is 1.59. The molecule has 0 spiro atoms. The topological polar surface area (TPSA) is 59.8 Å². The first kappa shape index (κ1) is 17.3. The number of carbonyl (C=O) groups is 1. The number of carbonyl (C=O) groups excluding carboxylic acids is 1. The molecule has 0 radical (unpaired) electrons. The van der Waals surface area contributed by atoms with Gasteiger partial charge in [0.05, 0.1) is 26.8 Å². The van der Waals surface area contributed by atoms with Gasteiger partial charge in [-0.3, -0.25) is 9.36 Å². The summed E-state index contributed by atoms with van der Waals surface area (Å²) in [4.78, 5) is 21.1. The smallest absolute Gasteiger partial charge is 0.236 e. The van der Waals surface area contributed by atoms with Crippen molar-refractivity contribution in [3.8, 4) is 5.69 Å². The molecule has 4 aromatic rings. The minimum Gasteiger partial charge on any atom is -0.301 e. The van der Waals surface area contributed by atoms with Crippen LogP contribution in [-0.2, 0) is 4.79 Å². The summed E-state index contributed by atoms with van der Waals surface area (Å²) in [7, 11) is 0. The van der Waals surface area contributed by atoms with Crippen molar-refractivity contribution in [1.29, 1.82) is 0 Å². The molecule has 0 bridgehead atoms. The highest BCUT2D eigenvalue weighted by Gasteiger charge is 2.14. The van der Waals surface area contributed by atoms with Crippen molar-refractivity contribution in [2.45, 2.75) is 5.16 Å². The number of para-hydroxylation sites is 3. The van der Waals surface area contributed by atoms with Gasteiger partial charge in [0.15, 0.2) is 10.3 Å². The quantitative estimate of drug-likeness (QED) is 0.441. The van der Waals surface area contributed by atoms with E-state index in [1.54, 1.807) is 6.20 Å². The highest BCUT2D eigenvalue weighted by Crippen LogP contribution is 2.28. The van der Waals surface area contributed by atoms with Gasteiger partial charge in [0.2, 0.25) is 5.91 Å². The van der Waals surface area contributed by atoms with Crippen LogP contribution in [0.15, 0.2) is 69.7 Å². The number of fused-ring (bicyclic) bond motifs is 1. The first-order valence-corrected chi connectivity index (χ1v) is 10.4. The van der Waals surface area contributed by atoms with Crippen molar-refractivity contribution in [1.82, 2.24) is 14.5 Å². The van der Waals surface area contributed by atoms with Crippen LogP contribution in [-0.4, -0.2) is 26.2 Å². The second kappa shape index (κ2) is 7.61. The first-order valence-electron chi connectivity index (χ1n) is 7.77. The predicted octanol–water partition coefficient (Wildman–Crippen LogP) is 4.98. The summed E-state index contributed by atoms with van der Waals surface area (Å²) in [5, 5.41) is 4.17. The van der Waals surface area contributed by atoms with Gasteiger partial charge in [0.25, 0.3) is 0 Å². The molecule has 0 saturated carbocycles. The summed E-state index contributed by atoms with van der Waals surface area (Å²) in [6.45, 7) is 0. The lowest BCUT2D eigenvalue weighted by Gasteiger charge is -2.08. The normalized spacial score (nSPS) is 11.0. The number of halogens is 1. The van der Waals surface area contributed by atoms with Gasteiger partial charge in [0, 0.05) is 5.69 Å². The number of rotatable bonds is 5. The van der Waals surface area contributed by atoms with Crippen molar-refractivity contribution in [2.75, 3.05) is 11.1 Å². The van der Waals surface area contributed by atoms with Crippen molar-refractivity contribution in [2.24, 2.45) is 0 Å². The number of hydrogen-bond acceptors (Lipinski definition) is 5. The third-order valence-electron chi connectivity index (χ3n) is 3.60. The highest BCUT2D eigenvalue weighted by atomic mass is 79.9. The number of aromatic nitrogens is 3. The van der Waals surface area contributed by atoms with Crippen molar-refractivity contribution < 1.29 is 4.79 Å². The molecule has 130 valence electrons. The molecule has 26 heavy (non-hydrogen) atoms. The van der Waals surface area contributed by atoms with Gasteiger partial charge in [-0.15, -0.1) is 0 Å². The zero-order valence-corrected chi connectivity index (χ0v) is 16.6. The molecule has 1 N–H and O–H groups in total. The maximum Gasteiger partial charge on any atom is 0.236 e. The Bertz CT molecular complexity index is 1060. The SMILES string of the molecule is O=C(CSc1nc2ccccc2n1-c1ccccc1)Nc1ncc(Br)s1. The van der Waals surface area contributed by atoms with E-state index >= 15 is 0 Å². The van der Waals surface area contributed by atoms with Crippen LogP contribution < -0.4 is 5.32 Å². The van der Waals surface area contributed by atoms with Gasteiger partial charge in [-0.25, -0.2) is 9.97 Å². The third-order valence-corrected chi connectivity index (χ3v) is 5.93. The molecular weight excluding hydrogens is 432 g/mol. The Morgan fingerprint density at radius 2 is 1.92 bits per heavy atom. The molecule has 0 unspecified atom stereocenters. The number of hydrogen-bond donors (Lipinski definition) is 1. The van der Waals surface area contributed by atoms with Crippen LogP contribution in [0.25, 0.3) is 16.7 Å². The number of nitrogens with zero attached hydrogens (tertiary/aromatic N) is 3. The second-order valence-corrected chi connectivity index (χ2v) is 8.71. The number of imidazole rings is 1. The number of benzene rings is 2. The summed E-state index contributed by atoms with van der Waals surface area (Å²) in [6.07, 6.45) is 1.67. The largest absolute Gasteiger partial charge is 0.301 e. The van der Waals surface area contributed by atoms with Crippen LogP contribution in [0.4, 0.5) is 5.13 Å². The molecule has 0 aliphatic rings. The average Bonchev–Trinajstić information content (AvgIpc) is 3.23. The minimum absolute atomic E-state index is 0.108. The van der Waals surface area contributed by atoms with Crippen LogP contribution in [0.1, 0.15) is 0 Å². The van der Waals surface area contributed by atoms with Crippen LogP contribution in [0.2, 0.25) is 0 Å². The number of nitrogens with one attached hydrogen (secondary N) is 1. The Morgan fingerprint density at radius 1 is 1.15 bits per heavy atom. The van der Waals surface area contributed by atoms with Gasteiger partial charge in [-0.2, -0.15) is 0 Å². The lowest BCUT2D eigenvalue weighted by atomic mass is 10.3. The van der Waals surface area contributed by atoms with Gasteiger partial charge in [-0.05, 0) is 40.2 Å². The van der Waals surface area contributed by atoms with E-state index in [1.165, 1.54) is 23.1 Å². The van der Waals surface area contributed by atoms with E-state index in [-0.39, 0.29) is 11.7 Å². The zero-order valence-electron chi connectivity index (χ0n) is 13.4. The lowest BCUT2D eigenvalue weighted by molar-refractivity contribution is -0.113. The van der Waals surface area contributed by atoms with Gasteiger partial charge in [0.1, 0.15) is 0 Å². The van der Waals surface area contributed by atoms with E-state index in [0.29, 0.717) is 5.13 Å². The molecule has 2 aromatic heterocycles. The number of anilines is 1. The van der Waals surface area contributed by atoms with Crippen LogP contribution in [0, 0.1) is 0 Å². The van der Waals surface area contributed by atoms with E-state index in [0.717, 1.165) is 25.7 Å². The van der Waals surface area contributed by atoms with Crippen molar-refractivity contribution in [3.05, 3.63) is 64.6 Å². The fourth-order valence-corrected chi connectivity index (χ4v) is 4.48.